The first kappa shape index (κ1) is 7.53. The number of hydrogen-bond acceptors (Lipinski definition) is 3. The maximum atomic E-state index is 5.69. The lowest BCUT2D eigenvalue weighted by atomic mass is 10.2. The molecule has 0 radical (unpaired) electrons. The molecule has 11 heavy (non-hydrogen) atoms. The molecular formula is C7H8ClNOS. The molecule has 1 aliphatic heterocycles. The van der Waals surface area contributed by atoms with Crippen LogP contribution in [-0.2, 0) is 4.74 Å². The second-order valence-corrected chi connectivity index (χ2v) is 3.97. The maximum absolute atomic E-state index is 5.69. The predicted octanol–water partition coefficient (Wildman–Crippen LogP) is 2.65. The predicted molar refractivity (Wildman–Crippen MR) is 45.1 cm³/mol. The Kier molecular flexibility index (Phi) is 2.11. The Labute approximate surface area is 74.2 Å². The fraction of sp³-hybridized carbons (Fsp3) is 0.571. The van der Waals surface area contributed by atoms with Crippen molar-refractivity contribution in [3.8, 4) is 0 Å². The first-order valence-corrected chi connectivity index (χ1v) is 4.84. The van der Waals surface area contributed by atoms with Crippen LogP contribution in [0.2, 0.25) is 4.47 Å². The van der Waals surface area contributed by atoms with Gasteiger partial charge >= 0.3 is 0 Å². The van der Waals surface area contributed by atoms with Gasteiger partial charge in [0.15, 0.2) is 4.47 Å². The van der Waals surface area contributed by atoms with Crippen molar-refractivity contribution in [3.05, 3.63) is 15.5 Å². The van der Waals surface area contributed by atoms with Crippen molar-refractivity contribution in [2.75, 3.05) is 6.61 Å². The van der Waals surface area contributed by atoms with Crippen molar-refractivity contribution < 1.29 is 4.74 Å². The monoisotopic (exact) mass is 189 g/mol. The summed E-state index contributed by atoms with van der Waals surface area (Å²) in [6.45, 7) is 0.861. The van der Waals surface area contributed by atoms with E-state index < -0.39 is 0 Å². The second kappa shape index (κ2) is 3.09. The van der Waals surface area contributed by atoms with Crippen molar-refractivity contribution in [2.24, 2.45) is 0 Å². The summed E-state index contributed by atoms with van der Waals surface area (Å²) in [5, 5.41) is 1.97. The van der Waals surface area contributed by atoms with Crippen LogP contribution in [0.15, 0.2) is 5.38 Å². The first-order valence-electron chi connectivity index (χ1n) is 3.59. The van der Waals surface area contributed by atoms with E-state index >= 15 is 0 Å². The summed E-state index contributed by atoms with van der Waals surface area (Å²) in [6.07, 6.45) is 2.43. The van der Waals surface area contributed by atoms with Crippen LogP contribution in [0.5, 0.6) is 0 Å². The van der Waals surface area contributed by atoms with Gasteiger partial charge in [0.1, 0.15) is 6.10 Å². The SMILES string of the molecule is Clc1nc(C2CCCO2)cs1. The van der Waals surface area contributed by atoms with Gasteiger partial charge in [0.05, 0.1) is 5.69 Å². The van der Waals surface area contributed by atoms with Crippen molar-refractivity contribution in [3.63, 3.8) is 0 Å². The van der Waals surface area contributed by atoms with E-state index in [4.69, 9.17) is 16.3 Å². The third kappa shape index (κ3) is 1.55. The lowest BCUT2D eigenvalue weighted by Crippen LogP contribution is -1.94. The Morgan fingerprint density at radius 2 is 2.64 bits per heavy atom. The van der Waals surface area contributed by atoms with Gasteiger partial charge in [-0.25, -0.2) is 4.98 Å². The highest BCUT2D eigenvalue weighted by Gasteiger charge is 2.19. The normalized spacial score (nSPS) is 24.3. The molecule has 1 aromatic heterocycles. The number of thiazole rings is 1. The van der Waals surface area contributed by atoms with Gasteiger partial charge in [-0.15, -0.1) is 11.3 Å². The van der Waals surface area contributed by atoms with Crippen LogP contribution in [0.3, 0.4) is 0 Å². The van der Waals surface area contributed by atoms with Gasteiger partial charge in [0, 0.05) is 12.0 Å². The molecular weight excluding hydrogens is 182 g/mol. The smallest absolute Gasteiger partial charge is 0.183 e. The van der Waals surface area contributed by atoms with E-state index in [1.807, 2.05) is 5.38 Å². The molecule has 0 bridgehead atoms. The van der Waals surface area contributed by atoms with Crippen LogP contribution in [0.1, 0.15) is 24.6 Å². The van der Waals surface area contributed by atoms with Crippen LogP contribution in [0.4, 0.5) is 0 Å². The molecule has 1 aromatic rings. The lowest BCUT2D eigenvalue weighted by Gasteiger charge is -2.03. The molecule has 2 heterocycles. The van der Waals surface area contributed by atoms with Gasteiger partial charge in [-0.05, 0) is 12.8 Å². The highest BCUT2D eigenvalue weighted by atomic mass is 35.5. The summed E-state index contributed by atoms with van der Waals surface area (Å²) in [5.41, 5.74) is 0.998. The van der Waals surface area contributed by atoms with E-state index in [2.05, 4.69) is 4.98 Å². The zero-order valence-corrected chi connectivity index (χ0v) is 7.49. The van der Waals surface area contributed by atoms with Crippen molar-refractivity contribution in [1.29, 1.82) is 0 Å². The number of halogens is 1. The summed E-state index contributed by atoms with van der Waals surface area (Å²) in [6, 6.07) is 0. The van der Waals surface area contributed by atoms with Gasteiger partial charge in [-0.3, -0.25) is 0 Å². The van der Waals surface area contributed by atoms with E-state index in [0.717, 1.165) is 25.1 Å². The lowest BCUT2D eigenvalue weighted by molar-refractivity contribution is 0.109. The fourth-order valence-electron chi connectivity index (χ4n) is 1.22. The Morgan fingerprint density at radius 3 is 3.18 bits per heavy atom. The number of ether oxygens (including phenoxy) is 1. The third-order valence-electron chi connectivity index (χ3n) is 1.75. The zero-order valence-electron chi connectivity index (χ0n) is 5.92. The molecule has 4 heteroatoms. The van der Waals surface area contributed by atoms with Crippen molar-refractivity contribution in [2.45, 2.75) is 18.9 Å². The van der Waals surface area contributed by atoms with Crippen LogP contribution >= 0.6 is 22.9 Å². The van der Waals surface area contributed by atoms with Crippen LogP contribution in [0, 0.1) is 0 Å². The summed E-state index contributed by atoms with van der Waals surface area (Å²) in [5.74, 6) is 0. The van der Waals surface area contributed by atoms with E-state index in [1.54, 1.807) is 0 Å². The molecule has 2 rings (SSSR count). The Morgan fingerprint density at radius 1 is 1.73 bits per heavy atom. The molecule has 1 aliphatic rings. The minimum atomic E-state index is 0.207. The Balaban J connectivity index is 2.15. The van der Waals surface area contributed by atoms with Gasteiger partial charge in [0.2, 0.25) is 0 Å². The number of rotatable bonds is 1. The summed E-state index contributed by atoms with van der Waals surface area (Å²) in [4.78, 5) is 4.15. The molecule has 60 valence electrons. The van der Waals surface area contributed by atoms with Crippen molar-refractivity contribution in [1.82, 2.24) is 4.98 Å². The average molecular weight is 190 g/mol. The number of hydrogen-bond donors (Lipinski definition) is 0. The fourth-order valence-corrected chi connectivity index (χ4v) is 2.03. The molecule has 0 amide bonds. The number of aromatic nitrogens is 1. The molecule has 1 atom stereocenters. The van der Waals surface area contributed by atoms with E-state index in [0.29, 0.717) is 4.47 Å². The first-order chi connectivity index (χ1) is 5.36. The summed E-state index contributed by atoms with van der Waals surface area (Å²) < 4.78 is 6.04. The van der Waals surface area contributed by atoms with Gasteiger partial charge in [0.25, 0.3) is 0 Å². The second-order valence-electron chi connectivity index (χ2n) is 2.53. The molecule has 2 nitrogen and oxygen atoms in total. The maximum Gasteiger partial charge on any atom is 0.183 e. The topological polar surface area (TPSA) is 22.1 Å². The van der Waals surface area contributed by atoms with E-state index in [1.165, 1.54) is 11.3 Å². The van der Waals surface area contributed by atoms with Crippen LogP contribution < -0.4 is 0 Å². The van der Waals surface area contributed by atoms with Crippen LogP contribution in [-0.4, -0.2) is 11.6 Å². The molecule has 0 N–H and O–H groups in total. The van der Waals surface area contributed by atoms with Gasteiger partial charge < -0.3 is 4.74 Å². The Bertz CT molecular complexity index is 244. The average Bonchev–Trinajstić information content (AvgIpc) is 2.55. The Hall–Kier alpha value is -0.120. The summed E-state index contributed by atoms with van der Waals surface area (Å²) >= 11 is 7.16. The third-order valence-corrected chi connectivity index (χ3v) is 2.75. The van der Waals surface area contributed by atoms with Gasteiger partial charge in [-0.1, -0.05) is 11.6 Å². The minimum Gasteiger partial charge on any atom is -0.372 e. The number of nitrogens with zero attached hydrogens (tertiary/aromatic N) is 1. The molecule has 0 aliphatic carbocycles. The van der Waals surface area contributed by atoms with E-state index in [-0.39, 0.29) is 6.10 Å². The van der Waals surface area contributed by atoms with Crippen molar-refractivity contribution >= 4 is 22.9 Å². The molecule has 1 fully saturated rings. The molecule has 1 saturated heterocycles. The molecule has 0 spiro atoms. The molecule has 0 aromatic carbocycles. The standard InChI is InChI=1S/C7H8ClNOS/c8-7-9-5(4-11-7)6-2-1-3-10-6/h4,6H,1-3H2. The summed E-state index contributed by atoms with van der Waals surface area (Å²) in [7, 11) is 0. The largest absolute Gasteiger partial charge is 0.372 e. The van der Waals surface area contributed by atoms with Crippen LogP contribution in [0.25, 0.3) is 0 Å². The molecule has 0 saturated carbocycles. The zero-order chi connectivity index (χ0) is 7.68. The highest BCUT2D eigenvalue weighted by Crippen LogP contribution is 2.30. The molecule has 1 unspecified atom stereocenters. The minimum absolute atomic E-state index is 0.207. The quantitative estimate of drug-likeness (QED) is 0.678. The highest BCUT2D eigenvalue weighted by molar-refractivity contribution is 7.13. The van der Waals surface area contributed by atoms with Gasteiger partial charge in [-0.2, -0.15) is 0 Å². The van der Waals surface area contributed by atoms with E-state index in [9.17, 15) is 0 Å².